The fourth-order valence-corrected chi connectivity index (χ4v) is 3.31. The molecule has 0 radical (unpaired) electrons. The average molecular weight is 469 g/mol. The van der Waals surface area contributed by atoms with E-state index in [9.17, 15) is 4.79 Å². The van der Waals surface area contributed by atoms with Gasteiger partial charge in [0.25, 0.3) is 0 Å². The molecular formula is C24H29ClN6O2. The van der Waals surface area contributed by atoms with Gasteiger partial charge in [-0.05, 0) is 64.3 Å². The van der Waals surface area contributed by atoms with E-state index in [-0.39, 0.29) is 5.95 Å². The molecule has 2 aromatic heterocycles. The summed E-state index contributed by atoms with van der Waals surface area (Å²) in [5.74, 6) is 0.853. The molecule has 0 aliphatic carbocycles. The van der Waals surface area contributed by atoms with Crippen LogP contribution in [0.3, 0.4) is 0 Å². The van der Waals surface area contributed by atoms with Crippen LogP contribution in [0.2, 0.25) is 5.02 Å². The van der Waals surface area contributed by atoms with Crippen molar-refractivity contribution >= 4 is 35.1 Å². The van der Waals surface area contributed by atoms with Crippen molar-refractivity contribution in [3.8, 4) is 11.3 Å². The number of carbonyl (C=O) groups is 1. The van der Waals surface area contributed by atoms with E-state index in [4.69, 9.17) is 22.1 Å². The van der Waals surface area contributed by atoms with Crippen LogP contribution >= 0.6 is 11.6 Å². The molecule has 0 aliphatic heterocycles. The van der Waals surface area contributed by atoms with Gasteiger partial charge in [0.2, 0.25) is 5.95 Å². The van der Waals surface area contributed by atoms with Crippen LogP contribution in [0.4, 0.5) is 22.2 Å². The van der Waals surface area contributed by atoms with Crippen LogP contribution in [0.5, 0.6) is 0 Å². The summed E-state index contributed by atoms with van der Waals surface area (Å²) in [5, 5.41) is 6.65. The van der Waals surface area contributed by atoms with Gasteiger partial charge >= 0.3 is 6.09 Å². The number of amides is 1. The predicted octanol–water partition coefficient (Wildman–Crippen LogP) is 5.47. The highest BCUT2D eigenvalue weighted by Gasteiger charge is 2.16. The van der Waals surface area contributed by atoms with Crippen molar-refractivity contribution in [3.05, 3.63) is 58.9 Å². The molecule has 8 nitrogen and oxygen atoms in total. The second-order valence-electron chi connectivity index (χ2n) is 8.60. The van der Waals surface area contributed by atoms with Crippen LogP contribution in [0.15, 0.2) is 42.6 Å². The lowest BCUT2D eigenvalue weighted by Gasteiger charge is -2.19. The smallest absolute Gasteiger partial charge is 0.412 e. The molecule has 1 amide bonds. The van der Waals surface area contributed by atoms with E-state index in [0.29, 0.717) is 23.1 Å². The number of nitrogens with zero attached hydrogens (tertiary/aromatic N) is 3. The van der Waals surface area contributed by atoms with Crippen LogP contribution < -0.4 is 16.4 Å². The molecule has 3 rings (SSSR count). The lowest BCUT2D eigenvalue weighted by molar-refractivity contribution is 0.0636. The van der Waals surface area contributed by atoms with Crippen LogP contribution in [-0.2, 0) is 11.2 Å². The molecular weight excluding hydrogens is 440 g/mol. The lowest BCUT2D eigenvalue weighted by Crippen LogP contribution is -2.27. The number of nitrogens with two attached hydrogens (primary N) is 1. The third-order valence-corrected chi connectivity index (χ3v) is 5.08. The lowest BCUT2D eigenvalue weighted by atomic mass is 10.1. The minimum atomic E-state index is -0.549. The van der Waals surface area contributed by atoms with Crippen LogP contribution in [0.25, 0.3) is 11.3 Å². The number of anilines is 3. The number of nitrogen functional groups attached to an aromatic ring is 1. The molecule has 2 heterocycles. The highest BCUT2D eigenvalue weighted by atomic mass is 35.5. The van der Waals surface area contributed by atoms with E-state index in [0.717, 1.165) is 35.4 Å². The van der Waals surface area contributed by atoms with Crippen molar-refractivity contribution in [1.29, 1.82) is 0 Å². The minimum Gasteiger partial charge on any atom is -0.444 e. The number of carbonyl (C=O) groups excluding carboxylic acids is 1. The summed E-state index contributed by atoms with van der Waals surface area (Å²) >= 11 is 6.24. The Bertz CT molecular complexity index is 1110. The first-order valence-electron chi connectivity index (χ1n) is 10.7. The molecule has 0 unspecified atom stereocenters. The van der Waals surface area contributed by atoms with Crippen molar-refractivity contribution in [1.82, 2.24) is 15.0 Å². The van der Waals surface area contributed by atoms with Crippen molar-refractivity contribution < 1.29 is 9.53 Å². The molecule has 9 heteroatoms. The van der Waals surface area contributed by atoms with Gasteiger partial charge in [-0.2, -0.15) is 4.98 Å². The molecule has 33 heavy (non-hydrogen) atoms. The maximum absolute atomic E-state index is 11.8. The van der Waals surface area contributed by atoms with Gasteiger partial charge in [0.1, 0.15) is 11.4 Å². The summed E-state index contributed by atoms with van der Waals surface area (Å²) in [6.07, 6.45) is 2.72. The van der Waals surface area contributed by atoms with Crippen LogP contribution in [0, 0.1) is 6.92 Å². The summed E-state index contributed by atoms with van der Waals surface area (Å²) in [5.41, 5.74) is 9.46. The molecule has 3 aromatic rings. The molecule has 0 saturated heterocycles. The Balaban J connectivity index is 1.52. The summed E-state index contributed by atoms with van der Waals surface area (Å²) < 4.78 is 5.24. The van der Waals surface area contributed by atoms with Crippen LogP contribution in [-0.4, -0.2) is 33.2 Å². The first-order valence-corrected chi connectivity index (χ1v) is 11.1. The first-order chi connectivity index (χ1) is 15.6. The molecule has 4 N–H and O–H groups in total. The Morgan fingerprint density at radius 3 is 2.67 bits per heavy atom. The van der Waals surface area contributed by atoms with E-state index < -0.39 is 11.7 Å². The Morgan fingerprint density at radius 1 is 1.18 bits per heavy atom. The summed E-state index contributed by atoms with van der Waals surface area (Å²) in [4.78, 5) is 24.9. The summed E-state index contributed by atoms with van der Waals surface area (Å²) in [6, 6.07) is 11.2. The van der Waals surface area contributed by atoms with Gasteiger partial charge in [-0.3, -0.25) is 10.3 Å². The number of pyridine rings is 1. The second kappa shape index (κ2) is 10.5. The van der Waals surface area contributed by atoms with E-state index in [1.807, 2.05) is 64.1 Å². The van der Waals surface area contributed by atoms with Crippen molar-refractivity contribution in [2.45, 2.75) is 46.1 Å². The van der Waals surface area contributed by atoms with Gasteiger partial charge in [-0.15, -0.1) is 0 Å². The molecule has 0 atom stereocenters. The number of ether oxygens (including phenoxy) is 1. The third-order valence-electron chi connectivity index (χ3n) is 4.67. The largest absolute Gasteiger partial charge is 0.444 e. The molecule has 0 aliphatic rings. The fourth-order valence-electron chi connectivity index (χ4n) is 3.13. The van der Waals surface area contributed by atoms with E-state index in [1.165, 1.54) is 0 Å². The van der Waals surface area contributed by atoms with Gasteiger partial charge in [0, 0.05) is 28.9 Å². The number of aromatic nitrogens is 3. The fraction of sp³-hybridized carbons (Fsp3) is 0.333. The number of hydrogen-bond acceptors (Lipinski definition) is 7. The quantitative estimate of drug-likeness (QED) is 0.393. The zero-order valence-corrected chi connectivity index (χ0v) is 20.0. The van der Waals surface area contributed by atoms with Crippen molar-refractivity contribution in [3.63, 3.8) is 0 Å². The van der Waals surface area contributed by atoms with E-state index >= 15 is 0 Å². The molecule has 174 valence electrons. The molecule has 0 bridgehead atoms. The first kappa shape index (κ1) is 24.3. The maximum Gasteiger partial charge on any atom is 0.412 e. The Morgan fingerprint density at radius 2 is 1.97 bits per heavy atom. The molecule has 0 saturated carbocycles. The van der Waals surface area contributed by atoms with Crippen molar-refractivity contribution in [2.24, 2.45) is 0 Å². The Kier molecular flexibility index (Phi) is 7.71. The normalized spacial score (nSPS) is 11.2. The highest BCUT2D eigenvalue weighted by molar-refractivity contribution is 6.31. The van der Waals surface area contributed by atoms with E-state index in [1.54, 1.807) is 6.20 Å². The van der Waals surface area contributed by atoms with Gasteiger partial charge in [0.15, 0.2) is 0 Å². The zero-order chi connectivity index (χ0) is 24.0. The van der Waals surface area contributed by atoms with Gasteiger partial charge in [-0.1, -0.05) is 23.7 Å². The highest BCUT2D eigenvalue weighted by Crippen LogP contribution is 2.28. The topological polar surface area (TPSA) is 115 Å². The second-order valence-corrected chi connectivity index (χ2v) is 9.01. The third kappa shape index (κ3) is 7.32. The number of benzene rings is 1. The Hall–Kier alpha value is -3.39. The number of hydrogen-bond donors (Lipinski definition) is 3. The summed E-state index contributed by atoms with van der Waals surface area (Å²) in [7, 11) is 0. The zero-order valence-electron chi connectivity index (χ0n) is 19.3. The number of nitrogens with one attached hydrogen (secondary N) is 2. The number of halogens is 1. The van der Waals surface area contributed by atoms with Crippen LogP contribution in [0.1, 0.15) is 38.4 Å². The number of aryl methyl sites for hydroxylation is 1. The SMILES string of the molecule is Cc1c(Cl)cccc1-c1cc(NCCCc2ccc(NC(=O)OC(C)(C)C)cn2)nc(N)n1. The van der Waals surface area contributed by atoms with Gasteiger partial charge < -0.3 is 15.8 Å². The Labute approximate surface area is 199 Å². The average Bonchev–Trinajstić information content (AvgIpc) is 2.72. The molecule has 0 spiro atoms. The minimum absolute atomic E-state index is 0.198. The van der Waals surface area contributed by atoms with Gasteiger partial charge in [-0.25, -0.2) is 9.78 Å². The van der Waals surface area contributed by atoms with Crippen molar-refractivity contribution in [2.75, 3.05) is 22.9 Å². The maximum atomic E-state index is 11.8. The summed E-state index contributed by atoms with van der Waals surface area (Å²) in [6.45, 7) is 8.08. The molecule has 0 fully saturated rings. The standard InChI is InChI=1S/C24H29ClN6O2/c1-15-18(8-5-9-19(15)25)20-13-21(31-22(26)30-20)27-12-6-7-16-10-11-17(14-28-16)29-23(32)33-24(2,3)4/h5,8-11,13-14H,6-7,12H2,1-4H3,(H,29,32)(H3,26,27,30,31). The number of rotatable bonds is 7. The van der Waals surface area contributed by atoms with E-state index in [2.05, 4.69) is 25.6 Å². The predicted molar refractivity (Wildman–Crippen MR) is 133 cm³/mol. The van der Waals surface area contributed by atoms with Gasteiger partial charge in [0.05, 0.1) is 17.6 Å². The molecule has 1 aromatic carbocycles. The monoisotopic (exact) mass is 468 g/mol.